The summed E-state index contributed by atoms with van der Waals surface area (Å²) in [6, 6.07) is 12.8. The predicted octanol–water partition coefficient (Wildman–Crippen LogP) is 4.80. The van der Waals surface area contributed by atoms with E-state index in [0.29, 0.717) is 15.9 Å². The van der Waals surface area contributed by atoms with Crippen LogP contribution < -0.4 is 10.6 Å². The third-order valence-corrected chi connectivity index (χ3v) is 5.52. The Morgan fingerprint density at radius 1 is 1.00 bits per heavy atom. The number of carbonyl (C=O) groups is 2. The maximum atomic E-state index is 12.6. The SMILES string of the molecule is CN(C(=O)c1ccc(NC(=O)Nc2ccccc2)s1)C1CCCCC1. The minimum absolute atomic E-state index is 0.0356. The molecule has 1 aromatic carbocycles. The highest BCUT2D eigenvalue weighted by Gasteiger charge is 2.24. The molecular weight excluding hydrogens is 334 g/mol. The molecule has 0 radical (unpaired) electrons. The summed E-state index contributed by atoms with van der Waals surface area (Å²) < 4.78 is 0. The number of nitrogens with one attached hydrogen (secondary N) is 2. The number of nitrogens with zero attached hydrogens (tertiary/aromatic N) is 1. The fourth-order valence-electron chi connectivity index (χ4n) is 3.12. The second-order valence-electron chi connectivity index (χ2n) is 6.32. The summed E-state index contributed by atoms with van der Waals surface area (Å²) in [5, 5.41) is 6.21. The molecule has 0 bridgehead atoms. The van der Waals surface area contributed by atoms with E-state index in [4.69, 9.17) is 0 Å². The topological polar surface area (TPSA) is 61.4 Å². The monoisotopic (exact) mass is 357 g/mol. The maximum Gasteiger partial charge on any atom is 0.324 e. The van der Waals surface area contributed by atoms with Crippen LogP contribution in [0.3, 0.4) is 0 Å². The summed E-state index contributed by atoms with van der Waals surface area (Å²) in [7, 11) is 1.88. The van der Waals surface area contributed by atoms with Gasteiger partial charge in [-0.05, 0) is 37.1 Å². The van der Waals surface area contributed by atoms with E-state index in [1.165, 1.54) is 30.6 Å². The highest BCUT2D eigenvalue weighted by molar-refractivity contribution is 7.18. The summed E-state index contributed by atoms with van der Waals surface area (Å²) in [5.74, 6) is 0.0356. The van der Waals surface area contributed by atoms with Crippen molar-refractivity contribution >= 4 is 34.0 Å². The molecule has 2 N–H and O–H groups in total. The van der Waals surface area contributed by atoms with Gasteiger partial charge in [-0.3, -0.25) is 10.1 Å². The fraction of sp³-hybridized carbons (Fsp3) is 0.368. The molecule has 1 fully saturated rings. The number of hydrogen-bond acceptors (Lipinski definition) is 3. The lowest BCUT2D eigenvalue weighted by atomic mass is 9.94. The first-order valence-corrected chi connectivity index (χ1v) is 9.45. The molecule has 0 atom stereocenters. The van der Waals surface area contributed by atoms with Crippen LogP contribution >= 0.6 is 11.3 Å². The highest BCUT2D eigenvalue weighted by Crippen LogP contribution is 2.27. The van der Waals surface area contributed by atoms with Crippen molar-refractivity contribution in [3.8, 4) is 0 Å². The Hall–Kier alpha value is -2.34. The van der Waals surface area contributed by atoms with Crippen LogP contribution in [0.15, 0.2) is 42.5 Å². The average Bonchev–Trinajstić information content (AvgIpc) is 3.10. The van der Waals surface area contributed by atoms with Crippen LogP contribution in [0, 0.1) is 0 Å². The van der Waals surface area contributed by atoms with Gasteiger partial charge in [0, 0.05) is 18.8 Å². The Morgan fingerprint density at radius 3 is 2.44 bits per heavy atom. The number of para-hydroxylation sites is 1. The number of rotatable bonds is 4. The van der Waals surface area contributed by atoms with Gasteiger partial charge in [0.25, 0.3) is 5.91 Å². The van der Waals surface area contributed by atoms with Gasteiger partial charge in [-0.1, -0.05) is 37.5 Å². The minimum Gasteiger partial charge on any atom is -0.338 e. The Balaban J connectivity index is 1.57. The van der Waals surface area contributed by atoms with Gasteiger partial charge in [0.05, 0.1) is 9.88 Å². The van der Waals surface area contributed by atoms with Crippen LogP contribution in [0.2, 0.25) is 0 Å². The van der Waals surface area contributed by atoms with Gasteiger partial charge in [0.1, 0.15) is 0 Å². The molecule has 132 valence electrons. The smallest absolute Gasteiger partial charge is 0.324 e. The van der Waals surface area contributed by atoms with E-state index >= 15 is 0 Å². The molecule has 0 unspecified atom stereocenters. The van der Waals surface area contributed by atoms with Crippen LogP contribution in [-0.4, -0.2) is 29.9 Å². The van der Waals surface area contributed by atoms with E-state index in [1.807, 2.05) is 42.3 Å². The predicted molar refractivity (Wildman–Crippen MR) is 102 cm³/mol. The molecule has 3 rings (SSSR count). The van der Waals surface area contributed by atoms with E-state index in [1.54, 1.807) is 12.1 Å². The van der Waals surface area contributed by atoms with Crippen molar-refractivity contribution in [1.29, 1.82) is 0 Å². The molecule has 1 aromatic heterocycles. The van der Waals surface area contributed by atoms with Crippen LogP contribution in [0.4, 0.5) is 15.5 Å². The van der Waals surface area contributed by atoms with E-state index in [9.17, 15) is 9.59 Å². The van der Waals surface area contributed by atoms with Gasteiger partial charge in [-0.25, -0.2) is 4.79 Å². The number of amides is 3. The number of anilines is 2. The van der Waals surface area contributed by atoms with Crippen molar-refractivity contribution in [2.45, 2.75) is 38.1 Å². The third-order valence-electron chi connectivity index (χ3n) is 4.53. The third kappa shape index (κ3) is 4.60. The van der Waals surface area contributed by atoms with Crippen LogP contribution in [0.25, 0.3) is 0 Å². The summed E-state index contributed by atoms with van der Waals surface area (Å²) >= 11 is 1.31. The first kappa shape index (κ1) is 17.5. The van der Waals surface area contributed by atoms with Crippen molar-refractivity contribution in [2.24, 2.45) is 0 Å². The van der Waals surface area contributed by atoms with Gasteiger partial charge in [-0.2, -0.15) is 0 Å². The molecule has 0 saturated heterocycles. The summed E-state index contributed by atoms with van der Waals surface area (Å²) in [4.78, 5) is 27.2. The van der Waals surface area contributed by atoms with Crippen molar-refractivity contribution in [2.75, 3.05) is 17.7 Å². The summed E-state index contributed by atoms with van der Waals surface area (Å²) in [6.45, 7) is 0. The molecule has 1 heterocycles. The Kier molecular flexibility index (Phi) is 5.71. The molecule has 1 aliphatic carbocycles. The largest absolute Gasteiger partial charge is 0.338 e. The zero-order valence-corrected chi connectivity index (χ0v) is 15.1. The van der Waals surface area contributed by atoms with E-state index in [0.717, 1.165) is 18.5 Å². The molecule has 1 saturated carbocycles. The van der Waals surface area contributed by atoms with Gasteiger partial charge in [0.15, 0.2) is 0 Å². The lowest BCUT2D eigenvalue weighted by Crippen LogP contribution is -2.37. The maximum absolute atomic E-state index is 12.6. The molecule has 6 heteroatoms. The number of benzene rings is 1. The van der Waals surface area contributed by atoms with Gasteiger partial charge < -0.3 is 10.2 Å². The molecule has 3 amide bonds. The van der Waals surface area contributed by atoms with Crippen molar-refractivity contribution < 1.29 is 9.59 Å². The van der Waals surface area contributed by atoms with Crippen LogP contribution in [-0.2, 0) is 0 Å². The van der Waals surface area contributed by atoms with Gasteiger partial charge >= 0.3 is 6.03 Å². The molecule has 2 aromatic rings. The normalized spacial score (nSPS) is 14.8. The Bertz CT molecular complexity index is 723. The molecule has 1 aliphatic rings. The van der Waals surface area contributed by atoms with E-state index in [-0.39, 0.29) is 11.9 Å². The Morgan fingerprint density at radius 2 is 1.72 bits per heavy atom. The summed E-state index contributed by atoms with van der Waals surface area (Å²) in [6.07, 6.45) is 5.82. The standard InChI is InChI=1S/C19H23N3O2S/c1-22(15-10-6-3-7-11-15)18(23)16-12-13-17(25-16)21-19(24)20-14-8-4-2-5-9-14/h2,4-5,8-9,12-13,15H,3,6-7,10-11H2,1H3,(H2,20,21,24). The van der Waals surface area contributed by atoms with Crippen molar-refractivity contribution in [3.05, 3.63) is 47.3 Å². The summed E-state index contributed by atoms with van der Waals surface area (Å²) in [5.41, 5.74) is 0.727. The number of thiophene rings is 1. The van der Waals surface area contributed by atoms with E-state index < -0.39 is 0 Å². The number of carbonyl (C=O) groups excluding carboxylic acids is 2. The zero-order valence-electron chi connectivity index (χ0n) is 14.3. The second kappa shape index (κ2) is 8.16. The van der Waals surface area contributed by atoms with Gasteiger partial charge in [0.2, 0.25) is 0 Å². The van der Waals surface area contributed by atoms with Crippen LogP contribution in [0.5, 0.6) is 0 Å². The highest BCUT2D eigenvalue weighted by atomic mass is 32.1. The van der Waals surface area contributed by atoms with Crippen molar-refractivity contribution in [1.82, 2.24) is 4.90 Å². The van der Waals surface area contributed by atoms with Gasteiger partial charge in [-0.15, -0.1) is 11.3 Å². The Labute approximate surface area is 152 Å². The minimum atomic E-state index is -0.312. The van der Waals surface area contributed by atoms with Crippen LogP contribution in [0.1, 0.15) is 41.8 Å². The lowest BCUT2D eigenvalue weighted by Gasteiger charge is -2.30. The quantitative estimate of drug-likeness (QED) is 0.826. The van der Waals surface area contributed by atoms with E-state index in [2.05, 4.69) is 10.6 Å². The molecule has 5 nitrogen and oxygen atoms in total. The number of hydrogen-bond donors (Lipinski definition) is 2. The average molecular weight is 357 g/mol. The fourth-order valence-corrected chi connectivity index (χ4v) is 4.01. The second-order valence-corrected chi connectivity index (χ2v) is 7.40. The first-order valence-electron chi connectivity index (χ1n) is 8.63. The first-order chi connectivity index (χ1) is 12.1. The lowest BCUT2D eigenvalue weighted by molar-refractivity contribution is 0.0701. The molecule has 25 heavy (non-hydrogen) atoms. The molecule has 0 aliphatic heterocycles. The number of urea groups is 1. The zero-order chi connectivity index (χ0) is 17.6. The molecular formula is C19H23N3O2S. The van der Waals surface area contributed by atoms with Crippen molar-refractivity contribution in [3.63, 3.8) is 0 Å². The molecule has 0 spiro atoms.